The summed E-state index contributed by atoms with van der Waals surface area (Å²) in [5.74, 6) is 0. The molecule has 4 heteroatoms. The van der Waals surface area contributed by atoms with Gasteiger partial charge in [-0.3, -0.25) is 0 Å². The van der Waals surface area contributed by atoms with Crippen molar-refractivity contribution in [2.45, 2.75) is 33.0 Å². The van der Waals surface area contributed by atoms with E-state index in [0.29, 0.717) is 13.2 Å². The van der Waals surface area contributed by atoms with Gasteiger partial charge in [-0.15, -0.1) is 0 Å². The molecule has 0 bridgehead atoms. The SMILES string of the molecule is COCCNCC(C)OCCOC(C)C. The molecule has 0 fully saturated rings. The van der Waals surface area contributed by atoms with Crippen LogP contribution in [0.5, 0.6) is 0 Å². The van der Waals surface area contributed by atoms with Crippen LogP contribution in [0.4, 0.5) is 0 Å². The van der Waals surface area contributed by atoms with Crippen molar-refractivity contribution in [1.82, 2.24) is 5.32 Å². The van der Waals surface area contributed by atoms with Crippen LogP contribution in [0.3, 0.4) is 0 Å². The summed E-state index contributed by atoms with van der Waals surface area (Å²) in [6.07, 6.45) is 0.501. The fraction of sp³-hybridized carbons (Fsp3) is 1.00. The Kier molecular flexibility index (Phi) is 10.3. The number of nitrogens with one attached hydrogen (secondary N) is 1. The molecule has 0 heterocycles. The molecule has 1 unspecified atom stereocenters. The monoisotopic (exact) mass is 219 g/mol. The van der Waals surface area contributed by atoms with Crippen molar-refractivity contribution in [2.75, 3.05) is 40.0 Å². The van der Waals surface area contributed by atoms with Gasteiger partial charge in [0.1, 0.15) is 0 Å². The van der Waals surface area contributed by atoms with Gasteiger partial charge < -0.3 is 19.5 Å². The smallest absolute Gasteiger partial charge is 0.0704 e. The lowest BCUT2D eigenvalue weighted by atomic mass is 10.4. The summed E-state index contributed by atoms with van der Waals surface area (Å²) >= 11 is 0. The number of rotatable bonds is 10. The van der Waals surface area contributed by atoms with E-state index < -0.39 is 0 Å². The third kappa shape index (κ3) is 11.8. The van der Waals surface area contributed by atoms with Crippen LogP contribution in [0.25, 0.3) is 0 Å². The predicted molar refractivity (Wildman–Crippen MR) is 61.2 cm³/mol. The Morgan fingerprint density at radius 2 is 1.67 bits per heavy atom. The molecule has 0 aliphatic carbocycles. The van der Waals surface area contributed by atoms with Gasteiger partial charge in [0, 0.05) is 20.2 Å². The molecule has 0 aliphatic heterocycles. The highest BCUT2D eigenvalue weighted by Gasteiger charge is 2.01. The van der Waals surface area contributed by atoms with Gasteiger partial charge in [0.15, 0.2) is 0 Å². The second-order valence-electron chi connectivity index (χ2n) is 3.80. The molecule has 0 spiro atoms. The first-order valence-corrected chi connectivity index (χ1v) is 5.59. The van der Waals surface area contributed by atoms with Crippen LogP contribution in [0, 0.1) is 0 Å². The number of methoxy groups -OCH3 is 1. The second-order valence-corrected chi connectivity index (χ2v) is 3.80. The van der Waals surface area contributed by atoms with Gasteiger partial charge in [0.05, 0.1) is 32.0 Å². The molecule has 0 saturated heterocycles. The van der Waals surface area contributed by atoms with E-state index in [1.807, 2.05) is 13.8 Å². The predicted octanol–water partition coefficient (Wildman–Crippen LogP) is 1.05. The van der Waals surface area contributed by atoms with Gasteiger partial charge in [0.2, 0.25) is 0 Å². The molecule has 4 nitrogen and oxygen atoms in total. The molecule has 0 aromatic heterocycles. The zero-order chi connectivity index (χ0) is 11.5. The molecule has 0 saturated carbocycles. The van der Waals surface area contributed by atoms with E-state index in [-0.39, 0.29) is 12.2 Å². The minimum atomic E-state index is 0.220. The second kappa shape index (κ2) is 10.4. The normalized spacial score (nSPS) is 13.4. The average Bonchev–Trinajstić information content (AvgIpc) is 2.19. The molecular formula is C11H25NO3. The van der Waals surface area contributed by atoms with Crippen LogP contribution >= 0.6 is 0 Å². The fourth-order valence-corrected chi connectivity index (χ4v) is 1.07. The molecule has 0 aromatic rings. The minimum Gasteiger partial charge on any atom is -0.383 e. The van der Waals surface area contributed by atoms with E-state index in [9.17, 15) is 0 Å². The molecule has 0 aliphatic rings. The van der Waals surface area contributed by atoms with Crippen molar-refractivity contribution < 1.29 is 14.2 Å². The molecule has 1 atom stereocenters. The standard InChI is InChI=1S/C11H25NO3/c1-10(2)14-7-8-15-11(3)9-12-5-6-13-4/h10-12H,5-9H2,1-4H3. The highest BCUT2D eigenvalue weighted by Crippen LogP contribution is 1.91. The van der Waals surface area contributed by atoms with E-state index in [2.05, 4.69) is 12.2 Å². The summed E-state index contributed by atoms with van der Waals surface area (Å²) in [6.45, 7) is 9.88. The first kappa shape index (κ1) is 14.8. The Morgan fingerprint density at radius 1 is 1.00 bits per heavy atom. The van der Waals surface area contributed by atoms with Gasteiger partial charge in [-0.2, -0.15) is 0 Å². The van der Waals surface area contributed by atoms with Crippen LogP contribution < -0.4 is 5.32 Å². The third-order valence-corrected chi connectivity index (χ3v) is 1.85. The van der Waals surface area contributed by atoms with Crippen LogP contribution in [0.1, 0.15) is 20.8 Å². The molecule has 0 rings (SSSR count). The highest BCUT2D eigenvalue weighted by atomic mass is 16.5. The van der Waals surface area contributed by atoms with Crippen molar-refractivity contribution in [3.8, 4) is 0 Å². The zero-order valence-electron chi connectivity index (χ0n) is 10.4. The molecule has 1 N–H and O–H groups in total. The highest BCUT2D eigenvalue weighted by molar-refractivity contribution is 4.54. The van der Waals surface area contributed by atoms with Gasteiger partial charge >= 0.3 is 0 Å². The summed E-state index contributed by atoms with van der Waals surface area (Å²) < 4.78 is 15.8. The van der Waals surface area contributed by atoms with Crippen molar-refractivity contribution in [1.29, 1.82) is 0 Å². The molecule has 0 radical (unpaired) electrons. The van der Waals surface area contributed by atoms with Crippen LogP contribution in [-0.4, -0.2) is 52.2 Å². The van der Waals surface area contributed by atoms with Crippen molar-refractivity contribution >= 4 is 0 Å². The maximum Gasteiger partial charge on any atom is 0.0704 e. The Balaban J connectivity index is 3.15. The topological polar surface area (TPSA) is 39.7 Å². The summed E-state index contributed by atoms with van der Waals surface area (Å²) in [6, 6.07) is 0. The van der Waals surface area contributed by atoms with Crippen molar-refractivity contribution in [3.05, 3.63) is 0 Å². The molecule has 0 aromatic carbocycles. The third-order valence-electron chi connectivity index (χ3n) is 1.85. The lowest BCUT2D eigenvalue weighted by Gasteiger charge is -2.14. The van der Waals surface area contributed by atoms with Crippen molar-refractivity contribution in [2.24, 2.45) is 0 Å². The van der Waals surface area contributed by atoms with Crippen LogP contribution in [0.15, 0.2) is 0 Å². The van der Waals surface area contributed by atoms with E-state index in [1.54, 1.807) is 7.11 Å². The Morgan fingerprint density at radius 3 is 2.27 bits per heavy atom. The Bertz CT molecular complexity index is 131. The molecule has 15 heavy (non-hydrogen) atoms. The average molecular weight is 219 g/mol. The summed E-state index contributed by atoms with van der Waals surface area (Å²) in [5, 5.41) is 3.24. The summed E-state index contributed by atoms with van der Waals surface area (Å²) in [4.78, 5) is 0. The molecule has 92 valence electrons. The van der Waals surface area contributed by atoms with Gasteiger partial charge in [-0.1, -0.05) is 0 Å². The fourth-order valence-electron chi connectivity index (χ4n) is 1.07. The largest absolute Gasteiger partial charge is 0.383 e. The lowest BCUT2D eigenvalue weighted by Crippen LogP contribution is -2.30. The maximum atomic E-state index is 5.54. The molecule has 0 amide bonds. The maximum absolute atomic E-state index is 5.54. The van der Waals surface area contributed by atoms with E-state index in [0.717, 1.165) is 19.7 Å². The van der Waals surface area contributed by atoms with Gasteiger partial charge in [0.25, 0.3) is 0 Å². The lowest BCUT2D eigenvalue weighted by molar-refractivity contribution is -0.00634. The van der Waals surface area contributed by atoms with Crippen LogP contribution in [-0.2, 0) is 14.2 Å². The van der Waals surface area contributed by atoms with Crippen LogP contribution in [0.2, 0.25) is 0 Å². The number of hydrogen-bond acceptors (Lipinski definition) is 4. The van der Waals surface area contributed by atoms with Gasteiger partial charge in [-0.05, 0) is 20.8 Å². The number of hydrogen-bond donors (Lipinski definition) is 1. The molecular weight excluding hydrogens is 194 g/mol. The van der Waals surface area contributed by atoms with Crippen molar-refractivity contribution in [3.63, 3.8) is 0 Å². The van der Waals surface area contributed by atoms with E-state index >= 15 is 0 Å². The first-order chi connectivity index (χ1) is 7.16. The Labute approximate surface area is 93.3 Å². The quantitative estimate of drug-likeness (QED) is 0.558. The van der Waals surface area contributed by atoms with Gasteiger partial charge in [-0.25, -0.2) is 0 Å². The summed E-state index contributed by atoms with van der Waals surface area (Å²) in [5.41, 5.74) is 0. The Hall–Kier alpha value is -0.160. The zero-order valence-corrected chi connectivity index (χ0v) is 10.4. The number of ether oxygens (including phenoxy) is 3. The minimum absolute atomic E-state index is 0.220. The summed E-state index contributed by atoms with van der Waals surface area (Å²) in [7, 11) is 1.70. The van der Waals surface area contributed by atoms with E-state index in [1.165, 1.54) is 0 Å². The van der Waals surface area contributed by atoms with E-state index in [4.69, 9.17) is 14.2 Å². The first-order valence-electron chi connectivity index (χ1n) is 5.59.